The number of amides is 2. The van der Waals surface area contributed by atoms with Gasteiger partial charge in [-0.05, 0) is 12.8 Å². The van der Waals surface area contributed by atoms with Gasteiger partial charge in [0.25, 0.3) is 0 Å². The molecule has 0 fully saturated rings. The molecular weight excluding hydrogens is 165 g/mol. The molecule has 0 bridgehead atoms. The summed E-state index contributed by atoms with van der Waals surface area (Å²) in [5, 5.41) is 2.29. The summed E-state index contributed by atoms with van der Waals surface area (Å²) in [4.78, 5) is 20.1. The number of nitrogens with one attached hydrogen (secondary N) is 1. The summed E-state index contributed by atoms with van der Waals surface area (Å²) < 4.78 is 11.8. The van der Waals surface area contributed by atoms with Crippen molar-refractivity contribution in [2.75, 3.05) is 6.54 Å². The first-order chi connectivity index (χ1) is 5.54. The Balaban J connectivity index is 3.31. The summed E-state index contributed by atoms with van der Waals surface area (Å²) in [6.45, 7) is 0.302. The van der Waals surface area contributed by atoms with Gasteiger partial charge in [0, 0.05) is 6.54 Å². The summed E-state index contributed by atoms with van der Waals surface area (Å²) in [6, 6.07) is -3.26. The second kappa shape index (κ2) is 5.48. The van der Waals surface area contributed by atoms with E-state index in [2.05, 4.69) is 5.32 Å². The van der Waals surface area contributed by atoms with Gasteiger partial charge in [-0.2, -0.15) is 4.39 Å². The summed E-state index contributed by atoms with van der Waals surface area (Å²) in [6.07, 6.45) is 0.634. The molecule has 1 atom stereocenters. The second-order valence-corrected chi connectivity index (χ2v) is 2.34. The van der Waals surface area contributed by atoms with Crippen molar-refractivity contribution in [3.8, 4) is 0 Å². The molecule has 0 aromatic rings. The topological polar surface area (TPSA) is 98.2 Å². The molecule has 0 saturated heterocycles. The van der Waals surface area contributed by atoms with Crippen molar-refractivity contribution in [2.24, 2.45) is 11.5 Å². The van der Waals surface area contributed by atoms with Gasteiger partial charge >= 0.3 is 12.1 Å². The third-order valence-electron chi connectivity index (χ3n) is 1.28. The van der Waals surface area contributed by atoms with Gasteiger partial charge in [-0.3, -0.25) is 4.79 Å². The van der Waals surface area contributed by atoms with Crippen molar-refractivity contribution in [2.45, 2.75) is 18.9 Å². The predicted molar refractivity (Wildman–Crippen MR) is 40.9 cm³/mol. The van der Waals surface area contributed by atoms with Crippen LogP contribution in [0.2, 0.25) is 0 Å². The highest BCUT2D eigenvalue weighted by molar-refractivity contribution is 5.74. The minimum Gasteiger partial charge on any atom is -0.352 e. The van der Waals surface area contributed by atoms with Crippen LogP contribution < -0.4 is 16.8 Å². The molecule has 5 N–H and O–H groups in total. The van der Waals surface area contributed by atoms with Gasteiger partial charge in [0.05, 0.1) is 6.04 Å². The van der Waals surface area contributed by atoms with Crippen LogP contribution in [0.5, 0.6) is 0 Å². The van der Waals surface area contributed by atoms with Gasteiger partial charge in [-0.25, -0.2) is 4.79 Å². The Bertz CT molecular complexity index is 174. The maximum Gasteiger partial charge on any atom is 0.318 e. The highest BCUT2D eigenvalue weighted by atomic mass is 19.1. The maximum absolute atomic E-state index is 11.8. The molecule has 0 unspecified atom stereocenters. The molecule has 0 heterocycles. The van der Waals surface area contributed by atoms with Crippen LogP contribution in [0.3, 0.4) is 0 Å². The zero-order valence-electron chi connectivity index (χ0n) is 6.55. The Hall–Kier alpha value is -1.17. The number of halogens is 1. The first-order valence-electron chi connectivity index (χ1n) is 3.52. The van der Waals surface area contributed by atoms with E-state index in [0.29, 0.717) is 13.0 Å². The van der Waals surface area contributed by atoms with Crippen LogP contribution in [-0.2, 0) is 4.79 Å². The first-order valence-corrected chi connectivity index (χ1v) is 3.52. The molecule has 6 heteroatoms. The Morgan fingerprint density at radius 2 is 2.08 bits per heavy atom. The average Bonchev–Trinajstić information content (AvgIpc) is 1.97. The molecule has 0 rings (SSSR count). The average molecular weight is 177 g/mol. The Morgan fingerprint density at radius 3 is 2.50 bits per heavy atom. The Kier molecular flexibility index (Phi) is 4.94. The molecular formula is C6H12FN3O2. The fraction of sp³-hybridized carbons (Fsp3) is 0.667. The Morgan fingerprint density at radius 1 is 1.50 bits per heavy atom. The van der Waals surface area contributed by atoms with E-state index in [1.54, 1.807) is 0 Å². The van der Waals surface area contributed by atoms with E-state index in [1.807, 2.05) is 0 Å². The largest absolute Gasteiger partial charge is 0.352 e. The molecule has 5 nitrogen and oxygen atoms in total. The molecule has 0 aliphatic heterocycles. The monoisotopic (exact) mass is 177 g/mol. The molecule has 0 aromatic heterocycles. The van der Waals surface area contributed by atoms with Crippen molar-refractivity contribution >= 4 is 12.1 Å². The number of hydrogen-bond acceptors (Lipinski definition) is 3. The van der Waals surface area contributed by atoms with E-state index in [-0.39, 0.29) is 6.42 Å². The van der Waals surface area contributed by atoms with E-state index in [0.717, 1.165) is 0 Å². The predicted octanol–water partition coefficient (Wildman–Crippen LogP) is -0.742. The standard InChI is InChI=1S/C6H12FN3O2/c7-5(11)4(8)2-1-3-10-6(9)12/h4H,1-3,8H2,(H3,9,10,12)/t4-/m0/s1. The lowest BCUT2D eigenvalue weighted by Crippen LogP contribution is -2.32. The highest BCUT2D eigenvalue weighted by Crippen LogP contribution is 1.94. The maximum atomic E-state index is 11.8. The van der Waals surface area contributed by atoms with E-state index < -0.39 is 18.1 Å². The van der Waals surface area contributed by atoms with Gasteiger partial charge in [0.15, 0.2) is 0 Å². The molecule has 0 aliphatic carbocycles. The third kappa shape index (κ3) is 5.60. The summed E-state index contributed by atoms with van der Waals surface area (Å²) in [7, 11) is 0. The van der Waals surface area contributed by atoms with E-state index in [4.69, 9.17) is 11.5 Å². The summed E-state index contributed by atoms with van der Waals surface area (Å²) in [5.41, 5.74) is 9.81. The van der Waals surface area contributed by atoms with Gasteiger partial charge in [0.2, 0.25) is 0 Å². The fourth-order valence-electron chi connectivity index (χ4n) is 0.647. The lowest BCUT2D eigenvalue weighted by atomic mass is 10.2. The van der Waals surface area contributed by atoms with Crippen LogP contribution >= 0.6 is 0 Å². The normalized spacial score (nSPS) is 12.2. The van der Waals surface area contributed by atoms with Crippen LogP contribution in [0.1, 0.15) is 12.8 Å². The molecule has 0 spiro atoms. The summed E-state index contributed by atoms with van der Waals surface area (Å²) in [5.74, 6) is 0. The fourth-order valence-corrected chi connectivity index (χ4v) is 0.647. The number of carbonyl (C=O) groups is 2. The van der Waals surface area contributed by atoms with Crippen LogP contribution in [-0.4, -0.2) is 24.7 Å². The lowest BCUT2D eigenvalue weighted by molar-refractivity contribution is -0.130. The quantitative estimate of drug-likeness (QED) is 0.381. The Labute approximate surface area is 69.3 Å². The van der Waals surface area contributed by atoms with Gasteiger partial charge in [-0.15, -0.1) is 0 Å². The molecule has 70 valence electrons. The van der Waals surface area contributed by atoms with Crippen LogP contribution in [0.25, 0.3) is 0 Å². The van der Waals surface area contributed by atoms with Crippen LogP contribution in [0.15, 0.2) is 0 Å². The lowest BCUT2D eigenvalue weighted by Gasteiger charge is -2.04. The molecule has 0 aromatic carbocycles. The number of hydrogen-bond donors (Lipinski definition) is 3. The third-order valence-corrected chi connectivity index (χ3v) is 1.28. The molecule has 0 aliphatic rings. The minimum absolute atomic E-state index is 0.204. The second-order valence-electron chi connectivity index (χ2n) is 2.34. The van der Waals surface area contributed by atoms with Crippen LogP contribution in [0, 0.1) is 0 Å². The first kappa shape index (κ1) is 10.8. The van der Waals surface area contributed by atoms with E-state index >= 15 is 0 Å². The van der Waals surface area contributed by atoms with Crippen molar-refractivity contribution in [1.82, 2.24) is 5.32 Å². The zero-order valence-corrected chi connectivity index (χ0v) is 6.55. The number of primary amides is 1. The van der Waals surface area contributed by atoms with Crippen molar-refractivity contribution < 1.29 is 14.0 Å². The van der Waals surface area contributed by atoms with Crippen LogP contribution in [0.4, 0.5) is 9.18 Å². The molecule has 0 radical (unpaired) electrons. The molecule has 2 amide bonds. The number of carbonyl (C=O) groups excluding carboxylic acids is 2. The van der Waals surface area contributed by atoms with Gasteiger partial charge < -0.3 is 16.8 Å². The van der Waals surface area contributed by atoms with Gasteiger partial charge in [0.1, 0.15) is 0 Å². The molecule has 12 heavy (non-hydrogen) atoms. The van der Waals surface area contributed by atoms with Crippen molar-refractivity contribution in [3.63, 3.8) is 0 Å². The zero-order chi connectivity index (χ0) is 9.56. The van der Waals surface area contributed by atoms with Crippen molar-refractivity contribution in [3.05, 3.63) is 0 Å². The van der Waals surface area contributed by atoms with E-state index in [9.17, 15) is 14.0 Å². The van der Waals surface area contributed by atoms with E-state index in [1.165, 1.54) is 0 Å². The summed E-state index contributed by atoms with van der Waals surface area (Å²) >= 11 is 0. The minimum atomic E-state index is -1.53. The molecule has 0 saturated carbocycles. The number of rotatable bonds is 5. The van der Waals surface area contributed by atoms with Crippen molar-refractivity contribution in [1.29, 1.82) is 0 Å². The number of nitrogens with two attached hydrogens (primary N) is 2. The highest BCUT2D eigenvalue weighted by Gasteiger charge is 2.10. The SMILES string of the molecule is NC(=O)NCCC[C@H](N)C(=O)F. The smallest absolute Gasteiger partial charge is 0.318 e. The number of urea groups is 1. The van der Waals surface area contributed by atoms with Gasteiger partial charge in [-0.1, -0.05) is 0 Å².